The fourth-order valence-electron chi connectivity index (χ4n) is 3.99. The van der Waals surface area contributed by atoms with Crippen LogP contribution in [0, 0.1) is 5.92 Å². The van der Waals surface area contributed by atoms with Crippen molar-refractivity contribution in [2.24, 2.45) is 5.92 Å². The maximum atomic E-state index is 12.9. The highest BCUT2D eigenvalue weighted by molar-refractivity contribution is 7.89. The molecule has 2 aromatic rings. The van der Waals surface area contributed by atoms with Crippen molar-refractivity contribution in [3.63, 3.8) is 0 Å². The van der Waals surface area contributed by atoms with Gasteiger partial charge in [-0.3, -0.25) is 4.79 Å². The lowest BCUT2D eigenvalue weighted by Crippen LogP contribution is -2.33. The Balaban J connectivity index is 1.61. The minimum absolute atomic E-state index is 0.0992. The number of sulfonamides is 1. The van der Waals surface area contributed by atoms with E-state index in [1.807, 2.05) is 0 Å². The highest BCUT2D eigenvalue weighted by Gasteiger charge is 2.30. The Labute approximate surface area is 153 Å². The first-order valence-corrected chi connectivity index (χ1v) is 10.5. The number of benzene rings is 2. The zero-order valence-electron chi connectivity index (χ0n) is 14.8. The van der Waals surface area contributed by atoms with Crippen LogP contribution < -0.4 is 14.9 Å². The third-order valence-corrected chi connectivity index (χ3v) is 6.93. The van der Waals surface area contributed by atoms with Gasteiger partial charge in [0, 0.05) is 29.9 Å². The van der Waals surface area contributed by atoms with Crippen molar-refractivity contribution in [1.29, 1.82) is 0 Å². The molecule has 1 atom stereocenters. The van der Waals surface area contributed by atoms with E-state index in [0.717, 1.165) is 43.4 Å². The first-order chi connectivity index (χ1) is 12.5. The van der Waals surface area contributed by atoms with Gasteiger partial charge in [-0.1, -0.05) is 12.1 Å². The minimum Gasteiger partial charge on any atom is -0.316 e. The third-order valence-electron chi connectivity index (χ3n) is 5.41. The van der Waals surface area contributed by atoms with Crippen molar-refractivity contribution in [2.45, 2.75) is 24.2 Å². The molecule has 1 unspecified atom stereocenters. The van der Waals surface area contributed by atoms with Gasteiger partial charge >= 0.3 is 0 Å². The molecule has 0 spiro atoms. The lowest BCUT2D eigenvalue weighted by atomic mass is 9.96. The molecule has 0 aromatic heterocycles. The normalized spacial score (nSPS) is 20.1. The number of anilines is 1. The quantitative estimate of drug-likeness (QED) is 0.841. The van der Waals surface area contributed by atoms with Crippen LogP contribution in [0.4, 0.5) is 5.69 Å². The molecular weight excluding hydrogens is 350 g/mol. The largest absolute Gasteiger partial charge is 0.316 e. The van der Waals surface area contributed by atoms with Crippen LogP contribution >= 0.6 is 0 Å². The third kappa shape index (κ3) is 2.90. The maximum Gasteiger partial charge on any atom is 0.258 e. The summed E-state index contributed by atoms with van der Waals surface area (Å²) in [4.78, 5) is 14.1. The second-order valence-electron chi connectivity index (χ2n) is 7.07. The molecule has 1 saturated heterocycles. The first-order valence-electron chi connectivity index (χ1n) is 9.03. The average Bonchev–Trinajstić information content (AvgIpc) is 2.89. The minimum atomic E-state index is -3.63. The fourth-order valence-corrected chi connectivity index (χ4v) is 5.24. The molecule has 0 radical (unpaired) electrons. The average molecular weight is 373 g/mol. The zero-order chi connectivity index (χ0) is 18.3. The van der Waals surface area contributed by atoms with Crippen molar-refractivity contribution in [3.8, 4) is 0 Å². The maximum absolute atomic E-state index is 12.9. The molecule has 6 nitrogen and oxygen atoms in total. The lowest BCUT2D eigenvalue weighted by molar-refractivity contribution is 0.0999. The van der Waals surface area contributed by atoms with Crippen LogP contribution in [0.15, 0.2) is 35.2 Å². The molecule has 2 aliphatic rings. The van der Waals surface area contributed by atoms with Gasteiger partial charge in [-0.05, 0) is 56.5 Å². The number of amides is 1. The molecule has 0 bridgehead atoms. The molecule has 0 saturated carbocycles. The molecule has 4 rings (SSSR count). The van der Waals surface area contributed by atoms with Gasteiger partial charge in [-0.25, -0.2) is 13.1 Å². The Hall–Kier alpha value is -1.96. The SMILES string of the molecule is CN1C(=O)c2cccc3c(S(=O)(=O)NCCC4CCCNC4)ccc1c23. The van der Waals surface area contributed by atoms with Gasteiger partial charge in [-0.2, -0.15) is 0 Å². The molecule has 1 amide bonds. The van der Waals surface area contributed by atoms with Crippen LogP contribution in [0.1, 0.15) is 29.6 Å². The number of hydrogen-bond donors (Lipinski definition) is 2. The number of hydrogen-bond acceptors (Lipinski definition) is 4. The van der Waals surface area contributed by atoms with Crippen molar-refractivity contribution < 1.29 is 13.2 Å². The van der Waals surface area contributed by atoms with Crippen LogP contribution in [0.2, 0.25) is 0 Å². The van der Waals surface area contributed by atoms with Gasteiger partial charge in [-0.15, -0.1) is 0 Å². The summed E-state index contributed by atoms with van der Waals surface area (Å²) < 4.78 is 28.5. The van der Waals surface area contributed by atoms with Crippen molar-refractivity contribution in [1.82, 2.24) is 10.0 Å². The van der Waals surface area contributed by atoms with E-state index in [0.29, 0.717) is 23.4 Å². The molecule has 1 fully saturated rings. The number of nitrogens with one attached hydrogen (secondary N) is 2. The molecule has 26 heavy (non-hydrogen) atoms. The van der Waals surface area contributed by atoms with Gasteiger partial charge < -0.3 is 10.2 Å². The van der Waals surface area contributed by atoms with Gasteiger partial charge in [0.1, 0.15) is 0 Å². The summed E-state index contributed by atoms with van der Waals surface area (Å²) in [6.45, 7) is 2.43. The molecule has 2 aromatic carbocycles. The molecule has 7 heteroatoms. The first kappa shape index (κ1) is 17.5. The topological polar surface area (TPSA) is 78.5 Å². The molecule has 0 aliphatic carbocycles. The summed E-state index contributed by atoms with van der Waals surface area (Å²) in [7, 11) is -1.92. The van der Waals surface area contributed by atoms with Crippen LogP contribution in [0.25, 0.3) is 10.8 Å². The number of carbonyl (C=O) groups is 1. The summed E-state index contributed by atoms with van der Waals surface area (Å²) in [5, 5.41) is 4.68. The molecular formula is C19H23N3O3S. The molecule has 2 N–H and O–H groups in total. The van der Waals surface area contributed by atoms with Crippen LogP contribution in [-0.2, 0) is 10.0 Å². The van der Waals surface area contributed by atoms with Crippen LogP contribution in [0.3, 0.4) is 0 Å². The van der Waals surface area contributed by atoms with Crippen molar-refractivity contribution in [3.05, 3.63) is 35.9 Å². The van der Waals surface area contributed by atoms with Crippen molar-refractivity contribution >= 4 is 32.4 Å². The van der Waals surface area contributed by atoms with E-state index >= 15 is 0 Å². The molecule has 138 valence electrons. The smallest absolute Gasteiger partial charge is 0.258 e. The Morgan fingerprint density at radius 2 is 2.12 bits per heavy atom. The van der Waals surface area contributed by atoms with Crippen LogP contribution in [-0.4, -0.2) is 41.0 Å². The molecule has 2 aliphatic heterocycles. The van der Waals surface area contributed by atoms with Gasteiger partial charge in [0.15, 0.2) is 0 Å². The van der Waals surface area contributed by atoms with E-state index in [4.69, 9.17) is 0 Å². The summed E-state index contributed by atoms with van der Waals surface area (Å²) >= 11 is 0. The Bertz CT molecular complexity index is 965. The number of nitrogens with zero attached hydrogens (tertiary/aromatic N) is 1. The predicted octanol–water partition coefficient (Wildman–Crippen LogP) is 2.10. The summed E-state index contributed by atoms with van der Waals surface area (Å²) in [6.07, 6.45) is 3.12. The van der Waals surface area contributed by atoms with E-state index in [1.54, 1.807) is 42.3 Å². The van der Waals surface area contributed by atoms with Gasteiger partial charge in [0.05, 0.1) is 10.6 Å². The monoisotopic (exact) mass is 373 g/mol. The van der Waals surface area contributed by atoms with E-state index < -0.39 is 10.0 Å². The van der Waals surface area contributed by atoms with E-state index in [-0.39, 0.29) is 10.8 Å². The van der Waals surface area contributed by atoms with Crippen LogP contribution in [0.5, 0.6) is 0 Å². The van der Waals surface area contributed by atoms with Gasteiger partial charge in [0.25, 0.3) is 5.91 Å². The summed E-state index contributed by atoms with van der Waals surface area (Å²) in [6, 6.07) is 8.58. The standard InChI is InChI=1S/C19H23N3O3S/c1-22-16-7-8-17(14-5-2-6-15(18(14)16)19(22)23)26(24,25)21-11-9-13-4-3-10-20-12-13/h2,5-8,13,20-21H,3-4,9-12H2,1H3. The predicted molar refractivity (Wildman–Crippen MR) is 102 cm³/mol. The second-order valence-corrected chi connectivity index (χ2v) is 8.81. The second kappa shape index (κ2) is 6.64. The highest BCUT2D eigenvalue weighted by Crippen LogP contribution is 2.39. The molecule has 2 heterocycles. The fraction of sp³-hybridized carbons (Fsp3) is 0.421. The van der Waals surface area contributed by atoms with Crippen molar-refractivity contribution in [2.75, 3.05) is 31.6 Å². The van der Waals surface area contributed by atoms with E-state index in [2.05, 4.69) is 10.0 Å². The van der Waals surface area contributed by atoms with E-state index in [9.17, 15) is 13.2 Å². The Morgan fingerprint density at radius 1 is 1.27 bits per heavy atom. The Kier molecular flexibility index (Phi) is 4.46. The number of carbonyl (C=O) groups excluding carboxylic acids is 1. The van der Waals surface area contributed by atoms with Gasteiger partial charge in [0.2, 0.25) is 10.0 Å². The summed E-state index contributed by atoms with van der Waals surface area (Å²) in [5.41, 5.74) is 1.32. The number of piperidine rings is 1. The Morgan fingerprint density at radius 3 is 2.88 bits per heavy atom. The number of rotatable bonds is 5. The zero-order valence-corrected chi connectivity index (χ0v) is 15.6. The summed E-state index contributed by atoms with van der Waals surface area (Å²) in [5.74, 6) is 0.420. The van der Waals surface area contributed by atoms with E-state index in [1.165, 1.54) is 0 Å². The highest BCUT2D eigenvalue weighted by atomic mass is 32.2. The lowest BCUT2D eigenvalue weighted by Gasteiger charge is -2.22.